The van der Waals surface area contributed by atoms with Crippen molar-refractivity contribution in [2.24, 2.45) is 5.73 Å². The smallest absolute Gasteiger partial charge is 0.161 e. The third-order valence-corrected chi connectivity index (χ3v) is 3.14. The number of hydrogen-bond acceptors (Lipinski definition) is 3. The molecule has 19 heavy (non-hydrogen) atoms. The Morgan fingerprint density at radius 1 is 0.947 bits per heavy atom. The Hall–Kier alpha value is -2.07. The highest BCUT2D eigenvalue weighted by Crippen LogP contribution is 2.34. The Balaban J connectivity index is 2.02. The molecule has 2 aromatic carbocycles. The Labute approximate surface area is 110 Å². The first-order valence-electron chi connectivity index (χ1n) is 6.16. The van der Waals surface area contributed by atoms with Crippen molar-refractivity contribution < 1.29 is 13.9 Å². The van der Waals surface area contributed by atoms with E-state index in [2.05, 4.69) is 0 Å². The van der Waals surface area contributed by atoms with Gasteiger partial charge >= 0.3 is 0 Å². The number of hydrogen-bond donors (Lipinski definition) is 1. The molecule has 0 amide bonds. The van der Waals surface area contributed by atoms with Gasteiger partial charge in [0.15, 0.2) is 11.5 Å². The van der Waals surface area contributed by atoms with Crippen LogP contribution in [0.5, 0.6) is 11.5 Å². The van der Waals surface area contributed by atoms with Crippen molar-refractivity contribution in [1.82, 2.24) is 0 Å². The predicted molar refractivity (Wildman–Crippen MR) is 70.7 cm³/mol. The molecule has 0 saturated heterocycles. The molecule has 0 radical (unpaired) electrons. The van der Waals surface area contributed by atoms with Crippen molar-refractivity contribution in [2.45, 2.75) is 6.54 Å². The van der Waals surface area contributed by atoms with Gasteiger partial charge in [0.05, 0.1) is 0 Å². The lowest BCUT2D eigenvalue weighted by Gasteiger charge is -2.19. The molecule has 4 heteroatoms. The van der Waals surface area contributed by atoms with E-state index in [1.165, 1.54) is 6.07 Å². The lowest BCUT2D eigenvalue weighted by Crippen LogP contribution is -2.15. The second kappa shape index (κ2) is 4.90. The van der Waals surface area contributed by atoms with Crippen molar-refractivity contribution >= 4 is 0 Å². The number of ether oxygens (including phenoxy) is 2. The highest BCUT2D eigenvalue weighted by atomic mass is 19.1. The fourth-order valence-electron chi connectivity index (χ4n) is 2.13. The summed E-state index contributed by atoms with van der Waals surface area (Å²) in [6.07, 6.45) is 0. The Kier molecular flexibility index (Phi) is 3.09. The van der Waals surface area contributed by atoms with Crippen LogP contribution in [-0.2, 0) is 6.54 Å². The first kappa shape index (κ1) is 12.0. The fraction of sp³-hybridized carbons (Fsp3) is 0.200. The topological polar surface area (TPSA) is 44.5 Å². The van der Waals surface area contributed by atoms with Gasteiger partial charge in [-0.3, -0.25) is 0 Å². The van der Waals surface area contributed by atoms with Gasteiger partial charge in [-0.2, -0.15) is 0 Å². The summed E-state index contributed by atoms with van der Waals surface area (Å²) in [6.45, 7) is 1.30. The predicted octanol–water partition coefficient (Wildman–Crippen LogP) is 2.72. The second-order valence-electron chi connectivity index (χ2n) is 4.37. The summed E-state index contributed by atoms with van der Waals surface area (Å²) in [5.74, 6) is 1.20. The number of nitrogens with two attached hydrogens (primary N) is 1. The molecule has 3 nitrogen and oxygen atoms in total. The van der Waals surface area contributed by atoms with Crippen LogP contribution < -0.4 is 15.2 Å². The van der Waals surface area contributed by atoms with Gasteiger partial charge in [-0.1, -0.05) is 12.1 Å². The normalized spacial score (nSPS) is 13.4. The summed E-state index contributed by atoms with van der Waals surface area (Å²) in [4.78, 5) is 0. The molecule has 2 N–H and O–H groups in total. The third kappa shape index (κ3) is 2.27. The van der Waals surface area contributed by atoms with Gasteiger partial charge in [0, 0.05) is 12.1 Å². The minimum absolute atomic E-state index is 0.185. The van der Waals surface area contributed by atoms with Crippen LogP contribution in [-0.4, -0.2) is 13.2 Å². The molecule has 3 rings (SSSR count). The summed E-state index contributed by atoms with van der Waals surface area (Å²) in [5, 5.41) is 0. The molecule has 0 spiro atoms. The van der Waals surface area contributed by atoms with Gasteiger partial charge in [-0.25, -0.2) is 4.39 Å². The van der Waals surface area contributed by atoms with Crippen LogP contribution in [0.25, 0.3) is 11.1 Å². The first-order valence-corrected chi connectivity index (χ1v) is 6.16. The Bertz CT molecular complexity index is 613. The van der Waals surface area contributed by atoms with Gasteiger partial charge < -0.3 is 15.2 Å². The molecule has 1 aliphatic rings. The van der Waals surface area contributed by atoms with Crippen LogP contribution in [0.2, 0.25) is 0 Å². The maximum atomic E-state index is 13.4. The zero-order valence-electron chi connectivity index (χ0n) is 10.4. The van der Waals surface area contributed by atoms with Crippen molar-refractivity contribution in [3.05, 3.63) is 47.8 Å². The highest BCUT2D eigenvalue weighted by molar-refractivity contribution is 5.68. The van der Waals surface area contributed by atoms with Crippen LogP contribution in [0.1, 0.15) is 5.56 Å². The van der Waals surface area contributed by atoms with E-state index in [0.29, 0.717) is 18.8 Å². The summed E-state index contributed by atoms with van der Waals surface area (Å²) < 4.78 is 24.4. The fourth-order valence-corrected chi connectivity index (χ4v) is 2.13. The molecule has 98 valence electrons. The summed E-state index contributed by atoms with van der Waals surface area (Å²) in [5.41, 5.74) is 7.90. The minimum Gasteiger partial charge on any atom is -0.486 e. The number of halogens is 1. The molecule has 1 heterocycles. The Morgan fingerprint density at radius 2 is 1.63 bits per heavy atom. The van der Waals surface area contributed by atoms with Crippen LogP contribution >= 0.6 is 0 Å². The zero-order chi connectivity index (χ0) is 13.2. The standard InChI is InChI=1S/C15H14FNO2/c16-13-3-1-10(7-12(13)9-17)11-2-4-14-15(8-11)19-6-5-18-14/h1-4,7-8H,5-6,9,17H2. The molecule has 0 unspecified atom stereocenters. The molecule has 2 aromatic rings. The van der Waals surface area contributed by atoms with Crippen LogP contribution in [0.3, 0.4) is 0 Å². The van der Waals surface area contributed by atoms with E-state index in [1.807, 2.05) is 18.2 Å². The molecule has 1 aliphatic heterocycles. The van der Waals surface area contributed by atoms with Crippen molar-refractivity contribution in [3.8, 4) is 22.6 Å². The maximum Gasteiger partial charge on any atom is 0.161 e. The van der Waals surface area contributed by atoms with Gasteiger partial charge in [0.1, 0.15) is 19.0 Å². The van der Waals surface area contributed by atoms with Crippen LogP contribution in [0, 0.1) is 5.82 Å². The number of benzene rings is 2. The van der Waals surface area contributed by atoms with E-state index in [-0.39, 0.29) is 12.4 Å². The summed E-state index contributed by atoms with van der Waals surface area (Å²) >= 11 is 0. The van der Waals surface area contributed by atoms with Crippen molar-refractivity contribution in [2.75, 3.05) is 13.2 Å². The molecule has 0 bridgehead atoms. The molecular formula is C15H14FNO2. The van der Waals surface area contributed by atoms with E-state index in [9.17, 15) is 4.39 Å². The Morgan fingerprint density at radius 3 is 2.42 bits per heavy atom. The van der Waals surface area contributed by atoms with Crippen molar-refractivity contribution in [1.29, 1.82) is 0 Å². The van der Waals surface area contributed by atoms with Crippen LogP contribution in [0.15, 0.2) is 36.4 Å². The zero-order valence-corrected chi connectivity index (χ0v) is 10.4. The summed E-state index contributed by atoms with van der Waals surface area (Å²) in [6, 6.07) is 10.6. The van der Waals surface area contributed by atoms with Gasteiger partial charge in [0.25, 0.3) is 0 Å². The second-order valence-corrected chi connectivity index (χ2v) is 4.37. The van der Waals surface area contributed by atoms with Crippen LogP contribution in [0.4, 0.5) is 4.39 Å². The van der Waals surface area contributed by atoms with E-state index in [1.54, 1.807) is 12.1 Å². The third-order valence-electron chi connectivity index (χ3n) is 3.14. The molecule has 0 aliphatic carbocycles. The molecule has 0 saturated carbocycles. The van der Waals surface area contributed by atoms with Gasteiger partial charge in [0.2, 0.25) is 0 Å². The molecule has 0 fully saturated rings. The number of fused-ring (bicyclic) bond motifs is 1. The SMILES string of the molecule is NCc1cc(-c2ccc3c(c2)OCCO3)ccc1F. The van der Waals surface area contributed by atoms with E-state index in [0.717, 1.165) is 22.6 Å². The van der Waals surface area contributed by atoms with E-state index >= 15 is 0 Å². The maximum absolute atomic E-state index is 13.4. The van der Waals surface area contributed by atoms with E-state index < -0.39 is 0 Å². The van der Waals surface area contributed by atoms with E-state index in [4.69, 9.17) is 15.2 Å². The molecule has 0 aromatic heterocycles. The average Bonchev–Trinajstić information content (AvgIpc) is 2.47. The summed E-state index contributed by atoms with van der Waals surface area (Å²) in [7, 11) is 0. The molecular weight excluding hydrogens is 245 g/mol. The van der Waals surface area contributed by atoms with Gasteiger partial charge in [-0.05, 0) is 35.4 Å². The quantitative estimate of drug-likeness (QED) is 0.901. The average molecular weight is 259 g/mol. The van der Waals surface area contributed by atoms with Crippen molar-refractivity contribution in [3.63, 3.8) is 0 Å². The lowest BCUT2D eigenvalue weighted by molar-refractivity contribution is 0.171. The molecule has 0 atom stereocenters. The lowest BCUT2D eigenvalue weighted by atomic mass is 10.0. The number of rotatable bonds is 2. The first-order chi connectivity index (χ1) is 9.28. The largest absolute Gasteiger partial charge is 0.486 e. The monoisotopic (exact) mass is 259 g/mol. The minimum atomic E-state index is -0.274. The van der Waals surface area contributed by atoms with Gasteiger partial charge in [-0.15, -0.1) is 0 Å². The highest BCUT2D eigenvalue weighted by Gasteiger charge is 2.13.